The normalized spacial score (nSPS) is 27.4. The van der Waals surface area contributed by atoms with Gasteiger partial charge >= 0.3 is 0 Å². The van der Waals surface area contributed by atoms with E-state index in [0.717, 1.165) is 42.8 Å². The first kappa shape index (κ1) is 13.5. The molecule has 3 heterocycles. The number of carbonyl (C=O) groups is 1. The Morgan fingerprint density at radius 1 is 1.32 bits per heavy atom. The number of fused-ring (bicyclic) bond motifs is 2. The van der Waals surface area contributed by atoms with Gasteiger partial charge in [-0.1, -0.05) is 0 Å². The molecule has 1 amide bonds. The van der Waals surface area contributed by atoms with Crippen LogP contribution in [0.5, 0.6) is 0 Å². The van der Waals surface area contributed by atoms with Crippen LogP contribution in [0, 0.1) is 11.8 Å². The molecule has 2 fully saturated rings. The minimum Gasteiger partial charge on any atom is -0.356 e. The van der Waals surface area contributed by atoms with E-state index in [-0.39, 0.29) is 5.91 Å². The van der Waals surface area contributed by atoms with Crippen molar-refractivity contribution in [2.45, 2.75) is 25.8 Å². The Kier molecular flexibility index (Phi) is 3.06. The Morgan fingerprint density at radius 3 is 2.73 bits per heavy atom. The number of hydrogen-bond donors (Lipinski definition) is 1. The molecule has 2 aromatic rings. The maximum absolute atomic E-state index is 11.5. The van der Waals surface area contributed by atoms with Crippen molar-refractivity contribution in [1.82, 2.24) is 19.9 Å². The number of amides is 1. The van der Waals surface area contributed by atoms with Gasteiger partial charge in [0.2, 0.25) is 5.91 Å². The third-order valence-electron chi connectivity index (χ3n) is 5.39. The number of aromatic amines is 1. The number of carbonyl (C=O) groups excluding carboxylic acids is 1. The number of H-pyrrole nitrogens is 1. The van der Waals surface area contributed by atoms with Crippen molar-refractivity contribution >= 4 is 22.8 Å². The van der Waals surface area contributed by atoms with E-state index in [4.69, 9.17) is 0 Å². The van der Waals surface area contributed by atoms with E-state index < -0.39 is 0 Å². The predicted molar refractivity (Wildman–Crippen MR) is 84.5 cm³/mol. The molecule has 0 spiro atoms. The van der Waals surface area contributed by atoms with Gasteiger partial charge in [-0.2, -0.15) is 0 Å². The average Bonchev–Trinajstić information content (AvgIpc) is 3.18. The number of anilines is 1. The van der Waals surface area contributed by atoms with Crippen molar-refractivity contribution in [3.63, 3.8) is 0 Å². The number of rotatable bonds is 2. The summed E-state index contributed by atoms with van der Waals surface area (Å²) in [5, 5.41) is 1.08. The van der Waals surface area contributed by atoms with Crippen molar-refractivity contribution in [3.05, 3.63) is 18.6 Å². The SMILES string of the molecule is CC(=O)N1C[C@H]2CC(N(C)c3ncnc4[nH]ccc34)C[C@H]2C1. The zero-order valence-electron chi connectivity index (χ0n) is 13.0. The molecule has 6 heteroatoms. The van der Waals surface area contributed by atoms with E-state index in [2.05, 4.69) is 26.9 Å². The summed E-state index contributed by atoms with van der Waals surface area (Å²) < 4.78 is 0. The largest absolute Gasteiger partial charge is 0.356 e. The first-order valence-corrected chi connectivity index (χ1v) is 7.90. The summed E-state index contributed by atoms with van der Waals surface area (Å²) in [6, 6.07) is 2.53. The smallest absolute Gasteiger partial charge is 0.219 e. The van der Waals surface area contributed by atoms with Gasteiger partial charge in [0.25, 0.3) is 0 Å². The molecular weight excluding hydrogens is 278 g/mol. The molecule has 1 saturated heterocycles. The summed E-state index contributed by atoms with van der Waals surface area (Å²) >= 11 is 0. The van der Waals surface area contributed by atoms with E-state index in [9.17, 15) is 4.79 Å². The van der Waals surface area contributed by atoms with Crippen molar-refractivity contribution in [2.24, 2.45) is 11.8 Å². The molecule has 4 rings (SSSR count). The minimum absolute atomic E-state index is 0.212. The third kappa shape index (κ3) is 2.05. The van der Waals surface area contributed by atoms with E-state index in [0.29, 0.717) is 17.9 Å². The van der Waals surface area contributed by atoms with Crippen LogP contribution in [-0.2, 0) is 4.79 Å². The Labute approximate surface area is 129 Å². The molecule has 3 atom stereocenters. The summed E-state index contributed by atoms with van der Waals surface area (Å²) in [6.07, 6.45) is 5.81. The lowest BCUT2D eigenvalue weighted by atomic mass is 10.0. The molecule has 1 aliphatic carbocycles. The second-order valence-electron chi connectivity index (χ2n) is 6.62. The highest BCUT2D eigenvalue weighted by atomic mass is 16.2. The summed E-state index contributed by atoms with van der Waals surface area (Å²) in [5.41, 5.74) is 0.887. The first-order valence-electron chi connectivity index (χ1n) is 7.90. The van der Waals surface area contributed by atoms with Gasteiger partial charge in [-0.05, 0) is 30.7 Å². The Hall–Kier alpha value is -2.11. The molecule has 22 heavy (non-hydrogen) atoms. The second-order valence-corrected chi connectivity index (χ2v) is 6.62. The second kappa shape index (κ2) is 4.97. The Bertz CT molecular complexity index is 697. The van der Waals surface area contributed by atoms with Gasteiger partial charge in [-0.25, -0.2) is 9.97 Å². The first-order chi connectivity index (χ1) is 10.6. The van der Waals surface area contributed by atoms with Gasteiger partial charge in [0.15, 0.2) is 0 Å². The third-order valence-corrected chi connectivity index (χ3v) is 5.39. The average molecular weight is 299 g/mol. The van der Waals surface area contributed by atoms with Gasteiger partial charge < -0.3 is 14.8 Å². The van der Waals surface area contributed by atoms with Crippen LogP contribution < -0.4 is 4.90 Å². The lowest BCUT2D eigenvalue weighted by Gasteiger charge is -2.27. The predicted octanol–water partition coefficient (Wildman–Crippen LogP) is 1.65. The van der Waals surface area contributed by atoms with Gasteiger partial charge in [0.05, 0.1) is 5.39 Å². The highest BCUT2D eigenvalue weighted by Crippen LogP contribution is 2.41. The van der Waals surface area contributed by atoms with E-state index >= 15 is 0 Å². The highest BCUT2D eigenvalue weighted by Gasteiger charge is 2.43. The molecule has 0 radical (unpaired) electrons. The molecule has 1 saturated carbocycles. The van der Waals surface area contributed by atoms with Crippen LogP contribution in [0.4, 0.5) is 5.82 Å². The van der Waals surface area contributed by atoms with Gasteiger partial charge in [-0.15, -0.1) is 0 Å². The van der Waals surface area contributed by atoms with Crippen LogP contribution in [-0.4, -0.2) is 51.9 Å². The quantitative estimate of drug-likeness (QED) is 0.916. The van der Waals surface area contributed by atoms with Crippen LogP contribution in [0.3, 0.4) is 0 Å². The topological polar surface area (TPSA) is 65.1 Å². The number of likely N-dealkylation sites (tertiary alicyclic amines) is 1. The van der Waals surface area contributed by atoms with E-state index in [1.165, 1.54) is 0 Å². The van der Waals surface area contributed by atoms with Crippen molar-refractivity contribution in [1.29, 1.82) is 0 Å². The lowest BCUT2D eigenvalue weighted by molar-refractivity contribution is -0.128. The van der Waals surface area contributed by atoms with Crippen molar-refractivity contribution < 1.29 is 4.79 Å². The zero-order chi connectivity index (χ0) is 15.3. The van der Waals surface area contributed by atoms with Gasteiger partial charge in [-0.3, -0.25) is 4.79 Å². The van der Waals surface area contributed by atoms with E-state index in [1.807, 2.05) is 17.2 Å². The molecule has 1 N–H and O–H groups in total. The Morgan fingerprint density at radius 2 is 2.05 bits per heavy atom. The summed E-state index contributed by atoms with van der Waals surface area (Å²) in [6.45, 7) is 3.52. The lowest BCUT2D eigenvalue weighted by Crippen LogP contribution is -2.33. The van der Waals surface area contributed by atoms with Crippen LogP contribution >= 0.6 is 0 Å². The molecular formula is C16H21N5O. The summed E-state index contributed by atoms with van der Waals surface area (Å²) in [4.78, 5) is 27.7. The molecule has 1 unspecified atom stereocenters. The molecule has 0 aromatic carbocycles. The molecule has 6 nitrogen and oxygen atoms in total. The zero-order valence-corrected chi connectivity index (χ0v) is 13.0. The Balaban J connectivity index is 1.53. The molecule has 116 valence electrons. The van der Waals surface area contributed by atoms with Crippen LogP contribution in [0.1, 0.15) is 19.8 Å². The van der Waals surface area contributed by atoms with Gasteiger partial charge in [0, 0.05) is 39.3 Å². The number of hydrogen-bond acceptors (Lipinski definition) is 4. The summed E-state index contributed by atoms with van der Waals surface area (Å²) in [5.74, 6) is 2.49. The van der Waals surface area contributed by atoms with Crippen LogP contribution in [0.15, 0.2) is 18.6 Å². The van der Waals surface area contributed by atoms with E-state index in [1.54, 1.807) is 13.3 Å². The fraction of sp³-hybridized carbons (Fsp3) is 0.562. The summed E-state index contributed by atoms with van der Waals surface area (Å²) in [7, 11) is 2.13. The molecule has 1 aliphatic heterocycles. The fourth-order valence-corrected chi connectivity index (χ4v) is 4.15. The maximum Gasteiger partial charge on any atom is 0.219 e. The van der Waals surface area contributed by atoms with Crippen LogP contribution in [0.25, 0.3) is 11.0 Å². The number of nitrogens with zero attached hydrogens (tertiary/aromatic N) is 4. The van der Waals surface area contributed by atoms with Crippen LogP contribution in [0.2, 0.25) is 0 Å². The fourth-order valence-electron chi connectivity index (χ4n) is 4.15. The van der Waals surface area contributed by atoms with Crippen molar-refractivity contribution in [2.75, 3.05) is 25.0 Å². The van der Waals surface area contributed by atoms with Crippen molar-refractivity contribution in [3.8, 4) is 0 Å². The minimum atomic E-state index is 0.212. The maximum atomic E-state index is 11.5. The standard InChI is InChI=1S/C16H21N5O/c1-10(22)21-7-11-5-13(6-12(11)8-21)20(2)16-14-3-4-17-15(14)18-9-19-16/h3-4,9,11-13H,5-8H2,1-2H3,(H,17,18,19)/t11-,12+,13?. The number of nitrogens with one attached hydrogen (secondary N) is 1. The molecule has 2 aliphatic rings. The molecule has 2 aromatic heterocycles. The monoisotopic (exact) mass is 299 g/mol. The highest BCUT2D eigenvalue weighted by molar-refractivity contribution is 5.87. The number of aromatic nitrogens is 3. The molecule has 0 bridgehead atoms. The van der Waals surface area contributed by atoms with Gasteiger partial charge in [0.1, 0.15) is 17.8 Å².